The molecule has 0 radical (unpaired) electrons. The number of halogens is 1. The summed E-state index contributed by atoms with van der Waals surface area (Å²) in [4.78, 5) is 30.3. The Morgan fingerprint density at radius 2 is 1.85 bits per heavy atom. The van der Waals surface area contributed by atoms with E-state index in [-0.39, 0.29) is 23.5 Å². The number of likely N-dealkylation sites (tertiary alicyclic amines) is 1. The van der Waals surface area contributed by atoms with Crippen LogP contribution in [0.4, 0.5) is 4.39 Å². The molecule has 0 saturated carbocycles. The van der Waals surface area contributed by atoms with Gasteiger partial charge in [-0.25, -0.2) is 4.39 Å². The lowest BCUT2D eigenvalue weighted by Gasteiger charge is -2.31. The predicted octanol–water partition coefficient (Wildman–Crippen LogP) is 2.68. The molecule has 26 heavy (non-hydrogen) atoms. The van der Waals surface area contributed by atoms with E-state index in [4.69, 9.17) is 0 Å². The maximum Gasteiger partial charge on any atom is 0.224 e. The second kappa shape index (κ2) is 8.08. The molecule has 2 amide bonds. The molecule has 1 aliphatic rings. The summed E-state index contributed by atoms with van der Waals surface area (Å²) in [6, 6.07) is 11.1. The summed E-state index contributed by atoms with van der Waals surface area (Å²) in [6.45, 7) is 2.74. The van der Waals surface area contributed by atoms with Gasteiger partial charge < -0.3 is 10.2 Å². The first-order chi connectivity index (χ1) is 12.5. The van der Waals surface area contributed by atoms with Crippen molar-refractivity contribution in [1.29, 1.82) is 0 Å². The molecular weight excluding hydrogens is 333 g/mol. The van der Waals surface area contributed by atoms with Gasteiger partial charge in [0.15, 0.2) is 0 Å². The Balaban J connectivity index is 1.75. The fourth-order valence-electron chi connectivity index (χ4n) is 3.25. The van der Waals surface area contributed by atoms with Crippen molar-refractivity contribution in [3.8, 4) is 0 Å². The van der Waals surface area contributed by atoms with E-state index >= 15 is 0 Å². The van der Waals surface area contributed by atoms with Crippen molar-refractivity contribution in [2.24, 2.45) is 5.92 Å². The summed E-state index contributed by atoms with van der Waals surface area (Å²) < 4.78 is 13.3. The maximum atomic E-state index is 13.3. The Kier molecular flexibility index (Phi) is 5.61. The number of hydrogen-bond acceptors (Lipinski definition) is 3. The Hall–Kier alpha value is -2.76. The first kappa shape index (κ1) is 18.0. The van der Waals surface area contributed by atoms with Gasteiger partial charge in [0.2, 0.25) is 11.8 Å². The monoisotopic (exact) mass is 355 g/mol. The van der Waals surface area contributed by atoms with Crippen molar-refractivity contribution >= 4 is 11.8 Å². The Morgan fingerprint density at radius 3 is 2.42 bits per heavy atom. The van der Waals surface area contributed by atoms with E-state index in [0.29, 0.717) is 31.6 Å². The highest BCUT2D eigenvalue weighted by molar-refractivity contribution is 5.80. The molecule has 1 unspecified atom stereocenters. The number of pyridine rings is 1. The van der Waals surface area contributed by atoms with Crippen molar-refractivity contribution in [3.05, 3.63) is 65.7 Å². The smallest absolute Gasteiger partial charge is 0.224 e. The first-order valence-corrected chi connectivity index (χ1v) is 8.77. The van der Waals surface area contributed by atoms with Crippen LogP contribution in [0.2, 0.25) is 0 Å². The van der Waals surface area contributed by atoms with Crippen molar-refractivity contribution < 1.29 is 14.0 Å². The lowest BCUT2D eigenvalue weighted by Crippen LogP contribution is -2.43. The van der Waals surface area contributed by atoms with Crippen LogP contribution in [0.15, 0.2) is 48.7 Å². The van der Waals surface area contributed by atoms with Crippen molar-refractivity contribution in [2.45, 2.75) is 25.8 Å². The largest absolute Gasteiger partial charge is 0.343 e. The molecular formula is C20H22FN3O2. The Labute approximate surface area is 152 Å². The van der Waals surface area contributed by atoms with Crippen LogP contribution in [0.3, 0.4) is 0 Å². The van der Waals surface area contributed by atoms with E-state index in [2.05, 4.69) is 10.3 Å². The fourth-order valence-corrected chi connectivity index (χ4v) is 3.25. The van der Waals surface area contributed by atoms with Gasteiger partial charge in [-0.2, -0.15) is 0 Å². The summed E-state index contributed by atoms with van der Waals surface area (Å²) in [5.41, 5.74) is 1.48. The van der Waals surface area contributed by atoms with E-state index in [9.17, 15) is 14.0 Å². The van der Waals surface area contributed by atoms with E-state index < -0.39 is 6.04 Å². The molecule has 0 spiro atoms. The van der Waals surface area contributed by atoms with E-state index in [0.717, 1.165) is 5.56 Å². The van der Waals surface area contributed by atoms with Gasteiger partial charge in [0.1, 0.15) is 5.82 Å². The van der Waals surface area contributed by atoms with Gasteiger partial charge in [-0.05, 0) is 42.7 Å². The first-order valence-electron chi connectivity index (χ1n) is 8.77. The van der Waals surface area contributed by atoms with E-state index in [1.807, 2.05) is 18.2 Å². The minimum absolute atomic E-state index is 0.0431. The zero-order valence-electron chi connectivity index (χ0n) is 14.7. The fraction of sp³-hybridized carbons (Fsp3) is 0.350. The molecule has 2 heterocycles. The number of amides is 2. The van der Waals surface area contributed by atoms with Gasteiger partial charge in [0.05, 0.1) is 11.7 Å². The van der Waals surface area contributed by atoms with Crippen LogP contribution >= 0.6 is 0 Å². The highest BCUT2D eigenvalue weighted by atomic mass is 19.1. The number of benzene rings is 1. The minimum atomic E-state index is -0.435. The molecule has 1 aromatic heterocycles. The molecule has 0 bridgehead atoms. The number of nitrogens with zero attached hydrogens (tertiary/aromatic N) is 2. The second-order valence-corrected chi connectivity index (χ2v) is 6.53. The van der Waals surface area contributed by atoms with Crippen LogP contribution in [0.5, 0.6) is 0 Å². The van der Waals surface area contributed by atoms with Gasteiger partial charge in [-0.3, -0.25) is 14.6 Å². The zero-order chi connectivity index (χ0) is 18.5. The molecule has 1 atom stereocenters. The van der Waals surface area contributed by atoms with Crippen molar-refractivity contribution in [2.75, 3.05) is 13.1 Å². The predicted molar refractivity (Wildman–Crippen MR) is 95.6 cm³/mol. The van der Waals surface area contributed by atoms with Gasteiger partial charge in [-0.1, -0.05) is 18.2 Å². The van der Waals surface area contributed by atoms with Crippen LogP contribution in [0.25, 0.3) is 0 Å². The topological polar surface area (TPSA) is 62.3 Å². The molecule has 1 N–H and O–H groups in total. The molecule has 5 nitrogen and oxygen atoms in total. The summed E-state index contributed by atoms with van der Waals surface area (Å²) in [5.74, 6) is -0.483. The summed E-state index contributed by atoms with van der Waals surface area (Å²) in [6.07, 6.45) is 2.96. The third-order valence-electron chi connectivity index (χ3n) is 4.78. The van der Waals surface area contributed by atoms with Gasteiger partial charge in [0, 0.05) is 32.1 Å². The molecule has 1 aromatic carbocycles. The summed E-state index contributed by atoms with van der Waals surface area (Å²) in [5, 5.41) is 3.06. The average molecular weight is 355 g/mol. The number of piperidine rings is 1. The normalized spacial score (nSPS) is 16.2. The van der Waals surface area contributed by atoms with Crippen LogP contribution in [-0.4, -0.2) is 34.8 Å². The average Bonchev–Trinajstić information content (AvgIpc) is 2.67. The molecule has 3 rings (SSSR count). The van der Waals surface area contributed by atoms with Crippen LogP contribution < -0.4 is 5.32 Å². The Morgan fingerprint density at radius 1 is 1.15 bits per heavy atom. The highest BCUT2D eigenvalue weighted by Gasteiger charge is 2.28. The second-order valence-electron chi connectivity index (χ2n) is 6.53. The number of aromatic nitrogens is 1. The zero-order valence-corrected chi connectivity index (χ0v) is 14.7. The number of hydrogen-bond donors (Lipinski definition) is 1. The van der Waals surface area contributed by atoms with Gasteiger partial charge in [0.25, 0.3) is 0 Å². The quantitative estimate of drug-likeness (QED) is 0.917. The number of nitrogens with one attached hydrogen (secondary N) is 1. The van der Waals surface area contributed by atoms with Crippen molar-refractivity contribution in [1.82, 2.24) is 15.2 Å². The Bertz CT molecular complexity index is 756. The lowest BCUT2D eigenvalue weighted by atomic mass is 9.94. The number of carbonyl (C=O) groups is 2. The van der Waals surface area contributed by atoms with Gasteiger partial charge in [-0.15, -0.1) is 0 Å². The van der Waals surface area contributed by atoms with E-state index in [1.165, 1.54) is 12.1 Å². The molecule has 0 aliphatic carbocycles. The standard InChI is InChI=1S/C20H22FN3O2/c1-14(25)24-12-9-16(10-13-24)20(26)23-19(18-4-2-3-11-22-18)15-5-7-17(21)8-6-15/h2-8,11,16,19H,9-10,12-13H2,1H3,(H,23,26). The molecule has 1 aliphatic heterocycles. The SMILES string of the molecule is CC(=O)N1CCC(C(=O)NC(c2ccc(F)cc2)c2ccccn2)CC1. The van der Waals surface area contributed by atoms with E-state index in [1.54, 1.807) is 30.2 Å². The third kappa shape index (κ3) is 4.25. The molecule has 136 valence electrons. The molecule has 1 saturated heterocycles. The molecule has 6 heteroatoms. The molecule has 1 fully saturated rings. The number of carbonyl (C=O) groups excluding carboxylic acids is 2. The molecule has 2 aromatic rings. The number of rotatable bonds is 4. The summed E-state index contributed by atoms with van der Waals surface area (Å²) >= 11 is 0. The third-order valence-corrected chi connectivity index (χ3v) is 4.78. The van der Waals surface area contributed by atoms with Gasteiger partial charge >= 0.3 is 0 Å². The van der Waals surface area contributed by atoms with Crippen LogP contribution in [0.1, 0.15) is 37.1 Å². The minimum Gasteiger partial charge on any atom is -0.343 e. The van der Waals surface area contributed by atoms with Crippen molar-refractivity contribution in [3.63, 3.8) is 0 Å². The highest BCUT2D eigenvalue weighted by Crippen LogP contribution is 2.23. The lowest BCUT2D eigenvalue weighted by molar-refractivity contribution is -0.134. The van der Waals surface area contributed by atoms with Crippen LogP contribution in [-0.2, 0) is 9.59 Å². The van der Waals surface area contributed by atoms with Crippen LogP contribution in [0, 0.1) is 11.7 Å². The maximum absolute atomic E-state index is 13.3. The summed E-state index contributed by atoms with van der Waals surface area (Å²) in [7, 11) is 0.